The van der Waals surface area contributed by atoms with Gasteiger partial charge in [0.1, 0.15) is 5.82 Å². The molecule has 1 saturated heterocycles. The van der Waals surface area contributed by atoms with Crippen molar-refractivity contribution in [2.45, 2.75) is 6.92 Å². The number of thiazole rings is 1. The third kappa shape index (κ3) is 3.08. The highest BCUT2D eigenvalue weighted by atomic mass is 35.5. The van der Waals surface area contributed by atoms with Gasteiger partial charge in [-0.15, -0.1) is 11.3 Å². The van der Waals surface area contributed by atoms with Gasteiger partial charge in [0.05, 0.1) is 11.3 Å². The summed E-state index contributed by atoms with van der Waals surface area (Å²) >= 11 is 7.45. The van der Waals surface area contributed by atoms with E-state index in [0.29, 0.717) is 31.2 Å². The van der Waals surface area contributed by atoms with Crippen LogP contribution in [-0.2, 0) is 0 Å². The molecular weight excluding hydrogens is 325 g/mol. The number of halogens is 2. The monoisotopic (exact) mass is 339 g/mol. The SMILES string of the molecule is Cc1csc(N2CCN(C(=O)c3cc(Cl)ccc3F)CC2)n1. The summed E-state index contributed by atoms with van der Waals surface area (Å²) in [6.45, 7) is 4.44. The van der Waals surface area contributed by atoms with Gasteiger partial charge in [-0.25, -0.2) is 9.37 Å². The molecule has 4 nitrogen and oxygen atoms in total. The summed E-state index contributed by atoms with van der Waals surface area (Å²) in [6, 6.07) is 4.05. The molecule has 1 aliphatic heterocycles. The van der Waals surface area contributed by atoms with Crippen LogP contribution in [0.5, 0.6) is 0 Å². The molecule has 0 atom stereocenters. The Bertz CT molecular complexity index is 698. The minimum Gasteiger partial charge on any atom is -0.345 e. The van der Waals surface area contributed by atoms with Gasteiger partial charge < -0.3 is 9.80 Å². The molecule has 1 fully saturated rings. The first-order valence-electron chi connectivity index (χ1n) is 6.96. The summed E-state index contributed by atoms with van der Waals surface area (Å²) in [7, 11) is 0. The zero-order valence-electron chi connectivity index (χ0n) is 12.1. The molecule has 116 valence electrons. The van der Waals surface area contributed by atoms with Crippen LogP contribution in [0.1, 0.15) is 16.1 Å². The van der Waals surface area contributed by atoms with E-state index in [9.17, 15) is 9.18 Å². The van der Waals surface area contributed by atoms with Crippen LogP contribution in [0.4, 0.5) is 9.52 Å². The lowest BCUT2D eigenvalue weighted by Gasteiger charge is -2.34. The average molecular weight is 340 g/mol. The number of benzene rings is 1. The third-order valence-corrected chi connectivity index (χ3v) is 4.86. The van der Waals surface area contributed by atoms with Crippen LogP contribution in [0.25, 0.3) is 0 Å². The minimum atomic E-state index is -0.535. The number of amides is 1. The Balaban J connectivity index is 1.68. The van der Waals surface area contributed by atoms with Crippen LogP contribution >= 0.6 is 22.9 Å². The highest BCUT2D eigenvalue weighted by molar-refractivity contribution is 7.13. The summed E-state index contributed by atoms with van der Waals surface area (Å²) in [5.41, 5.74) is 1.03. The number of aryl methyl sites for hydroxylation is 1. The lowest BCUT2D eigenvalue weighted by Crippen LogP contribution is -2.49. The fraction of sp³-hybridized carbons (Fsp3) is 0.333. The van der Waals surface area contributed by atoms with E-state index in [1.54, 1.807) is 16.2 Å². The Morgan fingerprint density at radius 3 is 2.68 bits per heavy atom. The first-order valence-corrected chi connectivity index (χ1v) is 8.22. The van der Waals surface area contributed by atoms with E-state index in [1.807, 2.05) is 12.3 Å². The van der Waals surface area contributed by atoms with Crippen molar-refractivity contribution >= 4 is 34.0 Å². The van der Waals surface area contributed by atoms with E-state index in [2.05, 4.69) is 9.88 Å². The zero-order valence-corrected chi connectivity index (χ0v) is 13.6. The van der Waals surface area contributed by atoms with Gasteiger partial charge in [-0.2, -0.15) is 0 Å². The van der Waals surface area contributed by atoms with Crippen molar-refractivity contribution in [1.82, 2.24) is 9.88 Å². The van der Waals surface area contributed by atoms with Gasteiger partial charge in [0.15, 0.2) is 5.13 Å². The molecule has 1 aromatic carbocycles. The molecule has 3 rings (SSSR count). The molecule has 0 spiro atoms. The number of aromatic nitrogens is 1. The largest absolute Gasteiger partial charge is 0.345 e. The number of piperazine rings is 1. The quantitative estimate of drug-likeness (QED) is 0.843. The maximum Gasteiger partial charge on any atom is 0.257 e. The highest BCUT2D eigenvalue weighted by Gasteiger charge is 2.25. The standard InChI is InChI=1S/C15H15ClFN3OS/c1-10-9-22-15(18-10)20-6-4-19(5-7-20)14(21)12-8-11(16)2-3-13(12)17/h2-3,8-9H,4-7H2,1H3. The maximum atomic E-state index is 13.8. The predicted octanol–water partition coefficient (Wildman–Crippen LogP) is 3.21. The van der Waals surface area contributed by atoms with E-state index in [-0.39, 0.29) is 11.5 Å². The molecule has 0 saturated carbocycles. The number of carbonyl (C=O) groups is 1. The van der Waals surface area contributed by atoms with Gasteiger partial charge in [-0.05, 0) is 25.1 Å². The molecule has 2 aromatic rings. The fourth-order valence-electron chi connectivity index (χ4n) is 2.42. The lowest BCUT2D eigenvalue weighted by atomic mass is 10.1. The van der Waals surface area contributed by atoms with Gasteiger partial charge in [-0.3, -0.25) is 4.79 Å². The number of nitrogens with zero attached hydrogens (tertiary/aromatic N) is 3. The van der Waals surface area contributed by atoms with Gasteiger partial charge >= 0.3 is 0 Å². The molecule has 7 heteroatoms. The van der Waals surface area contributed by atoms with Crippen LogP contribution < -0.4 is 4.90 Å². The summed E-state index contributed by atoms with van der Waals surface area (Å²) in [6.07, 6.45) is 0. The number of hydrogen-bond donors (Lipinski definition) is 0. The molecule has 2 heterocycles. The molecule has 1 aromatic heterocycles. The number of hydrogen-bond acceptors (Lipinski definition) is 4. The van der Waals surface area contributed by atoms with Crippen LogP contribution in [0.3, 0.4) is 0 Å². The van der Waals surface area contributed by atoms with E-state index >= 15 is 0 Å². The molecule has 0 N–H and O–H groups in total. The van der Waals surface area contributed by atoms with E-state index in [4.69, 9.17) is 11.6 Å². The van der Waals surface area contributed by atoms with Gasteiger partial charge in [-0.1, -0.05) is 11.6 Å². The Morgan fingerprint density at radius 2 is 2.05 bits per heavy atom. The highest BCUT2D eigenvalue weighted by Crippen LogP contribution is 2.22. The summed E-state index contributed by atoms with van der Waals surface area (Å²) in [5, 5.41) is 3.34. The van der Waals surface area contributed by atoms with Crippen molar-refractivity contribution in [3.63, 3.8) is 0 Å². The first kappa shape index (κ1) is 15.2. The van der Waals surface area contributed by atoms with Crippen molar-refractivity contribution in [2.24, 2.45) is 0 Å². The second-order valence-corrected chi connectivity index (χ2v) is 6.45. The number of carbonyl (C=O) groups excluding carboxylic acids is 1. The van der Waals surface area contributed by atoms with Gasteiger partial charge in [0.2, 0.25) is 0 Å². The van der Waals surface area contributed by atoms with Crippen LogP contribution in [0.15, 0.2) is 23.6 Å². The average Bonchev–Trinajstić information content (AvgIpc) is 2.96. The number of anilines is 1. The minimum absolute atomic E-state index is 0.0334. The summed E-state index contributed by atoms with van der Waals surface area (Å²) in [5.74, 6) is -0.845. The van der Waals surface area contributed by atoms with Crippen LogP contribution in [-0.4, -0.2) is 42.0 Å². The Morgan fingerprint density at radius 1 is 1.32 bits per heavy atom. The normalized spacial score (nSPS) is 15.2. The number of rotatable bonds is 2. The smallest absolute Gasteiger partial charge is 0.257 e. The Labute approximate surface area is 137 Å². The van der Waals surface area contributed by atoms with Crippen molar-refractivity contribution in [3.8, 4) is 0 Å². The first-order chi connectivity index (χ1) is 10.5. The summed E-state index contributed by atoms with van der Waals surface area (Å²) in [4.78, 5) is 20.7. The lowest BCUT2D eigenvalue weighted by molar-refractivity contribution is 0.0742. The van der Waals surface area contributed by atoms with Gasteiger partial charge in [0.25, 0.3) is 5.91 Å². The summed E-state index contributed by atoms with van der Waals surface area (Å²) < 4.78 is 13.8. The van der Waals surface area contributed by atoms with Crippen molar-refractivity contribution in [3.05, 3.63) is 45.7 Å². The van der Waals surface area contributed by atoms with Crippen LogP contribution in [0, 0.1) is 12.7 Å². The molecule has 0 unspecified atom stereocenters. The molecule has 1 aliphatic rings. The third-order valence-electron chi connectivity index (χ3n) is 3.60. The Kier molecular flexibility index (Phi) is 4.31. The van der Waals surface area contributed by atoms with Crippen molar-refractivity contribution < 1.29 is 9.18 Å². The van der Waals surface area contributed by atoms with E-state index in [1.165, 1.54) is 18.2 Å². The maximum absolute atomic E-state index is 13.8. The fourth-order valence-corrected chi connectivity index (χ4v) is 3.45. The molecule has 22 heavy (non-hydrogen) atoms. The molecule has 0 aliphatic carbocycles. The van der Waals surface area contributed by atoms with E-state index in [0.717, 1.165) is 10.8 Å². The topological polar surface area (TPSA) is 36.4 Å². The second kappa shape index (κ2) is 6.22. The second-order valence-electron chi connectivity index (χ2n) is 5.17. The molecule has 0 bridgehead atoms. The molecule has 1 amide bonds. The van der Waals surface area contributed by atoms with Crippen molar-refractivity contribution in [1.29, 1.82) is 0 Å². The Hall–Kier alpha value is -1.66. The van der Waals surface area contributed by atoms with Gasteiger partial charge in [0, 0.05) is 36.6 Å². The van der Waals surface area contributed by atoms with E-state index < -0.39 is 5.82 Å². The van der Waals surface area contributed by atoms with Crippen molar-refractivity contribution in [2.75, 3.05) is 31.1 Å². The predicted molar refractivity (Wildman–Crippen MR) is 86.4 cm³/mol. The van der Waals surface area contributed by atoms with Crippen LogP contribution in [0.2, 0.25) is 5.02 Å². The zero-order chi connectivity index (χ0) is 15.7. The molecule has 0 radical (unpaired) electrons. The molecular formula is C15H15ClFN3OS.